The van der Waals surface area contributed by atoms with Crippen LogP contribution in [0.2, 0.25) is 0 Å². The van der Waals surface area contributed by atoms with Crippen LogP contribution in [0.25, 0.3) is 0 Å². The van der Waals surface area contributed by atoms with Gasteiger partial charge in [0.05, 0.1) is 0 Å². The molecular formula is C15H27N5O. The summed E-state index contributed by atoms with van der Waals surface area (Å²) in [4.78, 5) is 22.8. The van der Waals surface area contributed by atoms with Crippen molar-refractivity contribution in [3.8, 4) is 0 Å². The normalized spacial score (nSPS) is 12.9. The van der Waals surface area contributed by atoms with Crippen molar-refractivity contribution in [3.63, 3.8) is 0 Å². The summed E-state index contributed by atoms with van der Waals surface area (Å²) in [5.41, 5.74) is 5.64. The number of carbonyl (C=O) groups excluding carboxylic acids is 1. The molecule has 21 heavy (non-hydrogen) atoms. The molecule has 3 N–H and O–H groups in total. The number of amides is 1. The van der Waals surface area contributed by atoms with Crippen LogP contribution in [0.5, 0.6) is 0 Å². The number of anilines is 2. The molecule has 0 aliphatic rings. The van der Waals surface area contributed by atoms with Crippen LogP contribution in [-0.4, -0.2) is 39.9 Å². The molecule has 0 spiro atoms. The zero-order chi connectivity index (χ0) is 16.2. The second-order valence-electron chi connectivity index (χ2n) is 6.13. The highest BCUT2D eigenvalue weighted by atomic mass is 16.2. The molecule has 1 aromatic rings. The first-order chi connectivity index (χ1) is 9.68. The number of hydrogen-bond donors (Lipinski definition) is 2. The molecule has 0 aliphatic carbocycles. The highest BCUT2D eigenvalue weighted by Gasteiger charge is 2.21. The maximum Gasteiger partial charge on any atom is 0.244 e. The minimum Gasteiger partial charge on any atom is -0.384 e. The van der Waals surface area contributed by atoms with E-state index in [4.69, 9.17) is 5.73 Å². The van der Waals surface area contributed by atoms with Gasteiger partial charge in [-0.15, -0.1) is 0 Å². The number of nitrogens with two attached hydrogens (primary N) is 1. The minimum absolute atomic E-state index is 0.0505. The van der Waals surface area contributed by atoms with Gasteiger partial charge >= 0.3 is 0 Å². The van der Waals surface area contributed by atoms with Crippen LogP contribution >= 0.6 is 0 Å². The van der Waals surface area contributed by atoms with Crippen molar-refractivity contribution in [2.45, 2.75) is 53.0 Å². The summed E-state index contributed by atoms with van der Waals surface area (Å²) in [6.07, 6.45) is 0. The van der Waals surface area contributed by atoms with Crippen molar-refractivity contribution in [2.75, 3.05) is 24.1 Å². The predicted octanol–water partition coefficient (Wildman–Crippen LogP) is 2.03. The van der Waals surface area contributed by atoms with E-state index >= 15 is 0 Å². The number of rotatable bonds is 5. The van der Waals surface area contributed by atoms with Gasteiger partial charge in [0.25, 0.3) is 0 Å². The quantitative estimate of drug-likeness (QED) is 0.867. The number of aromatic nitrogens is 2. The summed E-state index contributed by atoms with van der Waals surface area (Å²) in [5.74, 6) is 1.70. The average molecular weight is 293 g/mol. The lowest BCUT2D eigenvalue weighted by Crippen LogP contribution is -2.41. The van der Waals surface area contributed by atoms with Gasteiger partial charge in [0.15, 0.2) is 0 Å². The van der Waals surface area contributed by atoms with E-state index in [-0.39, 0.29) is 17.4 Å². The van der Waals surface area contributed by atoms with Crippen molar-refractivity contribution in [2.24, 2.45) is 0 Å². The van der Waals surface area contributed by atoms with Crippen molar-refractivity contribution in [1.82, 2.24) is 14.9 Å². The van der Waals surface area contributed by atoms with E-state index in [1.54, 1.807) is 11.0 Å². The van der Waals surface area contributed by atoms with E-state index in [0.717, 1.165) is 0 Å². The summed E-state index contributed by atoms with van der Waals surface area (Å²) < 4.78 is 0. The molecule has 0 fully saturated rings. The summed E-state index contributed by atoms with van der Waals surface area (Å²) in [6.45, 7) is 13.2. The van der Waals surface area contributed by atoms with Crippen molar-refractivity contribution in [1.29, 1.82) is 0 Å². The topological polar surface area (TPSA) is 84.1 Å². The molecule has 0 aliphatic heterocycles. The van der Waals surface area contributed by atoms with Gasteiger partial charge < -0.3 is 16.0 Å². The second-order valence-corrected chi connectivity index (χ2v) is 6.13. The van der Waals surface area contributed by atoms with E-state index in [1.165, 1.54) is 0 Å². The second kappa shape index (κ2) is 6.74. The Morgan fingerprint density at radius 2 is 1.90 bits per heavy atom. The summed E-state index contributed by atoms with van der Waals surface area (Å²) >= 11 is 0. The summed E-state index contributed by atoms with van der Waals surface area (Å²) in [7, 11) is 0. The van der Waals surface area contributed by atoms with Gasteiger partial charge in [0, 0.05) is 24.6 Å². The summed E-state index contributed by atoms with van der Waals surface area (Å²) in [6, 6.07) is 1.30. The van der Waals surface area contributed by atoms with Crippen LogP contribution in [0.3, 0.4) is 0 Å². The fourth-order valence-electron chi connectivity index (χ4n) is 1.97. The van der Waals surface area contributed by atoms with Gasteiger partial charge in [-0.2, -0.15) is 0 Å². The first kappa shape index (κ1) is 17.2. The van der Waals surface area contributed by atoms with Gasteiger partial charge in [-0.05, 0) is 20.8 Å². The molecule has 0 radical (unpaired) electrons. The Labute approximate surface area is 127 Å². The number of nitrogen functional groups attached to an aromatic ring is 1. The Balaban J connectivity index is 2.93. The van der Waals surface area contributed by atoms with Crippen LogP contribution in [0.1, 0.15) is 47.4 Å². The van der Waals surface area contributed by atoms with E-state index < -0.39 is 0 Å². The maximum atomic E-state index is 12.3. The lowest BCUT2D eigenvalue weighted by Gasteiger charge is -2.24. The lowest BCUT2D eigenvalue weighted by molar-refractivity contribution is -0.131. The maximum absolute atomic E-state index is 12.3. The van der Waals surface area contributed by atoms with Gasteiger partial charge in [0.1, 0.15) is 23.5 Å². The average Bonchev–Trinajstić information content (AvgIpc) is 2.38. The standard InChI is InChI=1S/C15H27N5O/c1-7-20(8-2)13(21)10(3)17-12-9-11(16)18-14(19-12)15(4,5)6/h9-10H,7-8H2,1-6H3,(H3,16,17,18,19). The van der Waals surface area contributed by atoms with Gasteiger partial charge in [-0.25, -0.2) is 9.97 Å². The first-order valence-electron chi connectivity index (χ1n) is 7.39. The molecule has 0 saturated heterocycles. The van der Waals surface area contributed by atoms with Crippen LogP contribution in [0.15, 0.2) is 6.07 Å². The molecule has 1 aromatic heterocycles. The van der Waals surface area contributed by atoms with Gasteiger partial charge in [-0.3, -0.25) is 4.79 Å². The molecule has 0 saturated carbocycles. The van der Waals surface area contributed by atoms with Crippen molar-refractivity contribution >= 4 is 17.5 Å². The van der Waals surface area contributed by atoms with E-state index in [0.29, 0.717) is 30.5 Å². The zero-order valence-electron chi connectivity index (χ0n) is 13.9. The van der Waals surface area contributed by atoms with Gasteiger partial charge in [-0.1, -0.05) is 20.8 Å². The highest BCUT2D eigenvalue weighted by Crippen LogP contribution is 2.21. The smallest absolute Gasteiger partial charge is 0.244 e. The Kier molecular flexibility index (Phi) is 5.52. The highest BCUT2D eigenvalue weighted by molar-refractivity contribution is 5.84. The van der Waals surface area contributed by atoms with Crippen LogP contribution in [0.4, 0.5) is 11.6 Å². The van der Waals surface area contributed by atoms with E-state index in [2.05, 4.69) is 15.3 Å². The number of nitrogens with zero attached hydrogens (tertiary/aromatic N) is 3. The van der Waals surface area contributed by atoms with Crippen molar-refractivity contribution in [3.05, 3.63) is 11.9 Å². The third kappa shape index (κ3) is 4.58. The third-order valence-electron chi connectivity index (χ3n) is 3.23. The van der Waals surface area contributed by atoms with Crippen LogP contribution in [-0.2, 0) is 10.2 Å². The molecule has 0 aromatic carbocycles. The molecule has 0 bridgehead atoms. The Morgan fingerprint density at radius 1 is 1.33 bits per heavy atom. The molecule has 1 amide bonds. The molecular weight excluding hydrogens is 266 g/mol. The molecule has 1 unspecified atom stereocenters. The van der Waals surface area contributed by atoms with Gasteiger partial charge in [0.2, 0.25) is 5.91 Å². The molecule has 1 heterocycles. The Morgan fingerprint density at radius 3 is 2.38 bits per heavy atom. The monoisotopic (exact) mass is 293 g/mol. The number of likely N-dealkylation sites (N-methyl/N-ethyl adjacent to an activating group) is 1. The van der Waals surface area contributed by atoms with Crippen molar-refractivity contribution < 1.29 is 4.79 Å². The lowest BCUT2D eigenvalue weighted by atomic mass is 9.96. The number of carbonyl (C=O) groups is 1. The molecule has 118 valence electrons. The molecule has 6 nitrogen and oxygen atoms in total. The molecule has 1 atom stereocenters. The SMILES string of the molecule is CCN(CC)C(=O)C(C)Nc1cc(N)nc(C(C)(C)C)n1. The Bertz CT molecular complexity index is 491. The molecule has 6 heteroatoms. The Hall–Kier alpha value is -1.85. The first-order valence-corrected chi connectivity index (χ1v) is 7.39. The number of nitrogens with one attached hydrogen (secondary N) is 1. The zero-order valence-corrected chi connectivity index (χ0v) is 13.9. The van der Waals surface area contributed by atoms with E-state index in [1.807, 2.05) is 41.5 Å². The molecule has 1 rings (SSSR count). The minimum atomic E-state index is -0.355. The fraction of sp³-hybridized carbons (Fsp3) is 0.667. The van der Waals surface area contributed by atoms with Crippen LogP contribution < -0.4 is 11.1 Å². The predicted molar refractivity (Wildman–Crippen MR) is 86.2 cm³/mol. The number of hydrogen-bond acceptors (Lipinski definition) is 5. The third-order valence-corrected chi connectivity index (χ3v) is 3.23. The summed E-state index contributed by atoms with van der Waals surface area (Å²) in [5, 5.41) is 3.12. The van der Waals surface area contributed by atoms with Crippen LogP contribution in [0, 0.1) is 0 Å². The van der Waals surface area contributed by atoms with E-state index in [9.17, 15) is 4.79 Å². The fourth-order valence-corrected chi connectivity index (χ4v) is 1.97. The largest absolute Gasteiger partial charge is 0.384 e.